The van der Waals surface area contributed by atoms with Crippen molar-refractivity contribution in [1.29, 1.82) is 0 Å². The number of phenolic OH excluding ortho intramolecular Hbond substituents is 1. The standard InChI is InChI=1S/C20H26O/c1-11-9-8-10-18(12(11)2)16(6)19-14(4)13(3)15(5)20(21)17(19)7/h8-10,16,21H,1-7H3. The number of hydrogen-bond acceptors (Lipinski definition) is 1. The molecule has 0 radical (unpaired) electrons. The smallest absolute Gasteiger partial charge is 0.121 e. The summed E-state index contributed by atoms with van der Waals surface area (Å²) < 4.78 is 0. The van der Waals surface area contributed by atoms with Crippen LogP contribution in [0, 0.1) is 41.5 Å². The molecule has 0 fully saturated rings. The first-order chi connectivity index (χ1) is 9.77. The van der Waals surface area contributed by atoms with Crippen LogP contribution in [0.4, 0.5) is 0 Å². The molecule has 112 valence electrons. The third-order valence-corrected chi connectivity index (χ3v) is 5.19. The molecular weight excluding hydrogens is 256 g/mol. The molecule has 1 nitrogen and oxygen atoms in total. The predicted octanol–water partition coefficient (Wildman–Crippen LogP) is 5.39. The van der Waals surface area contributed by atoms with Crippen LogP contribution in [0.25, 0.3) is 0 Å². The molecule has 1 N–H and O–H groups in total. The second-order valence-corrected chi connectivity index (χ2v) is 6.27. The van der Waals surface area contributed by atoms with Gasteiger partial charge in [0, 0.05) is 5.92 Å². The minimum absolute atomic E-state index is 0.287. The Labute approximate surface area is 128 Å². The van der Waals surface area contributed by atoms with E-state index in [1.807, 2.05) is 13.8 Å². The van der Waals surface area contributed by atoms with Gasteiger partial charge < -0.3 is 5.11 Å². The second kappa shape index (κ2) is 5.55. The molecule has 1 atom stereocenters. The molecule has 0 saturated heterocycles. The number of phenols is 1. The van der Waals surface area contributed by atoms with Gasteiger partial charge in [-0.15, -0.1) is 0 Å². The van der Waals surface area contributed by atoms with Crippen molar-refractivity contribution in [2.75, 3.05) is 0 Å². The molecule has 2 aromatic rings. The van der Waals surface area contributed by atoms with E-state index in [1.54, 1.807) is 0 Å². The third kappa shape index (κ3) is 2.46. The van der Waals surface area contributed by atoms with Crippen molar-refractivity contribution >= 4 is 0 Å². The van der Waals surface area contributed by atoms with Crippen molar-refractivity contribution in [3.63, 3.8) is 0 Å². The lowest BCUT2D eigenvalue weighted by Gasteiger charge is -2.24. The van der Waals surface area contributed by atoms with Crippen molar-refractivity contribution < 1.29 is 5.11 Å². The molecule has 0 saturated carbocycles. The van der Waals surface area contributed by atoms with Gasteiger partial charge in [0.2, 0.25) is 0 Å². The highest BCUT2D eigenvalue weighted by molar-refractivity contribution is 5.56. The lowest BCUT2D eigenvalue weighted by atomic mass is 9.81. The van der Waals surface area contributed by atoms with Crippen LogP contribution >= 0.6 is 0 Å². The fourth-order valence-corrected chi connectivity index (χ4v) is 3.40. The Kier molecular flexibility index (Phi) is 4.13. The maximum atomic E-state index is 10.4. The quantitative estimate of drug-likeness (QED) is 0.782. The number of rotatable bonds is 2. The Bertz CT molecular complexity index is 666. The lowest BCUT2D eigenvalue weighted by Crippen LogP contribution is -2.07. The molecule has 0 aliphatic heterocycles. The molecular formula is C20H26O. The van der Waals surface area contributed by atoms with Gasteiger partial charge >= 0.3 is 0 Å². The fourth-order valence-electron chi connectivity index (χ4n) is 3.40. The normalized spacial score (nSPS) is 12.5. The number of benzene rings is 2. The van der Waals surface area contributed by atoms with E-state index in [-0.39, 0.29) is 5.92 Å². The Hall–Kier alpha value is -1.76. The van der Waals surface area contributed by atoms with Crippen LogP contribution in [0.3, 0.4) is 0 Å². The predicted molar refractivity (Wildman–Crippen MR) is 90.5 cm³/mol. The van der Waals surface area contributed by atoms with E-state index < -0.39 is 0 Å². The van der Waals surface area contributed by atoms with E-state index in [2.05, 4.69) is 52.8 Å². The van der Waals surface area contributed by atoms with E-state index in [1.165, 1.54) is 33.4 Å². The first-order valence-electron chi connectivity index (χ1n) is 7.62. The SMILES string of the molecule is Cc1cccc(C(C)c2c(C)c(C)c(C)c(O)c2C)c1C. The zero-order valence-corrected chi connectivity index (χ0v) is 14.3. The minimum Gasteiger partial charge on any atom is -0.507 e. The molecule has 2 rings (SSSR count). The van der Waals surface area contributed by atoms with Crippen LogP contribution in [0.2, 0.25) is 0 Å². The molecule has 0 aromatic heterocycles. The summed E-state index contributed by atoms with van der Waals surface area (Å²) in [5.74, 6) is 0.736. The van der Waals surface area contributed by atoms with Gasteiger partial charge in [-0.1, -0.05) is 25.1 Å². The van der Waals surface area contributed by atoms with Crippen LogP contribution in [-0.4, -0.2) is 5.11 Å². The van der Waals surface area contributed by atoms with Gasteiger partial charge in [-0.3, -0.25) is 0 Å². The summed E-state index contributed by atoms with van der Waals surface area (Å²) in [7, 11) is 0. The number of hydrogen-bond donors (Lipinski definition) is 1. The van der Waals surface area contributed by atoms with Gasteiger partial charge in [-0.2, -0.15) is 0 Å². The Balaban J connectivity index is 2.70. The number of aromatic hydroxyl groups is 1. The second-order valence-electron chi connectivity index (χ2n) is 6.27. The molecule has 0 bridgehead atoms. The highest BCUT2D eigenvalue weighted by Crippen LogP contribution is 2.39. The molecule has 0 aliphatic rings. The average molecular weight is 282 g/mol. The Morgan fingerprint density at radius 1 is 0.762 bits per heavy atom. The largest absolute Gasteiger partial charge is 0.507 e. The highest BCUT2D eigenvalue weighted by atomic mass is 16.3. The molecule has 21 heavy (non-hydrogen) atoms. The molecule has 2 aromatic carbocycles. The van der Waals surface area contributed by atoms with Crippen molar-refractivity contribution in [3.8, 4) is 5.75 Å². The fraction of sp³-hybridized carbons (Fsp3) is 0.400. The summed E-state index contributed by atoms with van der Waals surface area (Å²) in [5.41, 5.74) is 9.81. The van der Waals surface area contributed by atoms with Crippen LogP contribution in [0.15, 0.2) is 18.2 Å². The Morgan fingerprint density at radius 3 is 2.00 bits per heavy atom. The topological polar surface area (TPSA) is 20.2 Å². The average Bonchev–Trinajstić information content (AvgIpc) is 2.46. The summed E-state index contributed by atoms with van der Waals surface area (Å²) in [6.45, 7) is 14.9. The molecule has 0 amide bonds. The van der Waals surface area contributed by atoms with Gasteiger partial charge in [-0.25, -0.2) is 0 Å². The summed E-state index contributed by atoms with van der Waals surface area (Å²) >= 11 is 0. The van der Waals surface area contributed by atoms with E-state index in [0.717, 1.165) is 11.1 Å². The monoisotopic (exact) mass is 282 g/mol. The summed E-state index contributed by atoms with van der Waals surface area (Å²) in [6, 6.07) is 6.49. The van der Waals surface area contributed by atoms with Gasteiger partial charge in [0.25, 0.3) is 0 Å². The third-order valence-electron chi connectivity index (χ3n) is 5.19. The Morgan fingerprint density at radius 2 is 1.38 bits per heavy atom. The summed E-state index contributed by atoms with van der Waals surface area (Å²) in [5, 5.41) is 10.4. The number of aryl methyl sites for hydroxylation is 1. The minimum atomic E-state index is 0.287. The maximum Gasteiger partial charge on any atom is 0.121 e. The van der Waals surface area contributed by atoms with Crippen molar-refractivity contribution in [2.45, 2.75) is 54.4 Å². The molecule has 1 heteroatoms. The molecule has 0 heterocycles. The first-order valence-corrected chi connectivity index (χ1v) is 7.62. The zero-order chi connectivity index (χ0) is 15.9. The summed E-state index contributed by atoms with van der Waals surface area (Å²) in [6.07, 6.45) is 0. The van der Waals surface area contributed by atoms with Crippen molar-refractivity contribution in [2.24, 2.45) is 0 Å². The van der Waals surface area contributed by atoms with Crippen LogP contribution < -0.4 is 0 Å². The summed E-state index contributed by atoms with van der Waals surface area (Å²) in [4.78, 5) is 0. The molecule has 1 unspecified atom stereocenters. The zero-order valence-electron chi connectivity index (χ0n) is 14.3. The van der Waals surface area contributed by atoms with Gasteiger partial charge in [0.1, 0.15) is 5.75 Å². The maximum absolute atomic E-state index is 10.4. The van der Waals surface area contributed by atoms with Gasteiger partial charge in [0.05, 0.1) is 0 Å². The lowest BCUT2D eigenvalue weighted by molar-refractivity contribution is 0.464. The van der Waals surface area contributed by atoms with E-state index in [9.17, 15) is 5.11 Å². The highest BCUT2D eigenvalue weighted by Gasteiger charge is 2.21. The molecule has 0 aliphatic carbocycles. The molecule has 0 spiro atoms. The van der Waals surface area contributed by atoms with Gasteiger partial charge in [0.15, 0.2) is 0 Å². The van der Waals surface area contributed by atoms with E-state index in [4.69, 9.17) is 0 Å². The van der Waals surface area contributed by atoms with Crippen LogP contribution in [0.1, 0.15) is 57.3 Å². The first kappa shape index (κ1) is 15.6. The van der Waals surface area contributed by atoms with E-state index >= 15 is 0 Å². The van der Waals surface area contributed by atoms with Crippen molar-refractivity contribution in [3.05, 3.63) is 62.7 Å². The van der Waals surface area contributed by atoms with Crippen LogP contribution in [-0.2, 0) is 0 Å². The van der Waals surface area contributed by atoms with E-state index in [0.29, 0.717) is 5.75 Å². The van der Waals surface area contributed by atoms with Crippen molar-refractivity contribution in [1.82, 2.24) is 0 Å². The van der Waals surface area contributed by atoms with Gasteiger partial charge in [-0.05, 0) is 86.1 Å². The van der Waals surface area contributed by atoms with Crippen LogP contribution in [0.5, 0.6) is 5.75 Å².